The average Bonchev–Trinajstić information content (AvgIpc) is 2.27. The summed E-state index contributed by atoms with van der Waals surface area (Å²) in [5.41, 5.74) is -0.794. The van der Waals surface area contributed by atoms with Gasteiger partial charge in [0, 0.05) is 11.1 Å². The standard InChI is InChI=1S/C11H5ClF4N2/c12-10-3-6(5-17-18-10)8-2-1-7(4-9(8)13)11(14,15)16/h1-5H. The van der Waals surface area contributed by atoms with Crippen molar-refractivity contribution in [2.24, 2.45) is 0 Å². The molecule has 0 aliphatic heterocycles. The molecule has 0 saturated heterocycles. The first-order valence-corrected chi connectivity index (χ1v) is 5.11. The van der Waals surface area contributed by atoms with Crippen molar-refractivity contribution < 1.29 is 17.6 Å². The van der Waals surface area contributed by atoms with Gasteiger partial charge in [-0.15, -0.1) is 5.10 Å². The summed E-state index contributed by atoms with van der Waals surface area (Å²) < 4.78 is 50.7. The summed E-state index contributed by atoms with van der Waals surface area (Å²) in [6.07, 6.45) is -3.36. The Kier molecular flexibility index (Phi) is 3.21. The van der Waals surface area contributed by atoms with Crippen molar-refractivity contribution >= 4 is 11.6 Å². The predicted octanol–water partition coefficient (Wildman–Crippen LogP) is 3.95. The molecule has 0 bridgehead atoms. The van der Waals surface area contributed by atoms with E-state index in [0.717, 1.165) is 12.1 Å². The summed E-state index contributed by atoms with van der Waals surface area (Å²) >= 11 is 5.57. The van der Waals surface area contributed by atoms with Crippen LogP contribution in [0.15, 0.2) is 30.5 Å². The zero-order valence-corrected chi connectivity index (χ0v) is 9.43. The van der Waals surface area contributed by atoms with Crippen LogP contribution in [0.1, 0.15) is 5.56 Å². The Morgan fingerprint density at radius 1 is 1.11 bits per heavy atom. The zero-order valence-electron chi connectivity index (χ0n) is 8.67. The highest BCUT2D eigenvalue weighted by atomic mass is 35.5. The summed E-state index contributed by atoms with van der Waals surface area (Å²) in [6.45, 7) is 0. The molecule has 0 spiro atoms. The van der Waals surface area contributed by atoms with Crippen LogP contribution >= 0.6 is 11.6 Å². The third-order valence-corrected chi connectivity index (χ3v) is 2.42. The van der Waals surface area contributed by atoms with Gasteiger partial charge in [-0.2, -0.15) is 18.3 Å². The Hall–Kier alpha value is -1.69. The van der Waals surface area contributed by atoms with E-state index < -0.39 is 17.6 Å². The van der Waals surface area contributed by atoms with E-state index in [1.807, 2.05) is 0 Å². The number of rotatable bonds is 1. The fourth-order valence-corrected chi connectivity index (χ4v) is 1.57. The van der Waals surface area contributed by atoms with Gasteiger partial charge in [-0.3, -0.25) is 0 Å². The third kappa shape index (κ3) is 2.59. The lowest BCUT2D eigenvalue weighted by Crippen LogP contribution is -2.05. The van der Waals surface area contributed by atoms with Crippen LogP contribution in [0, 0.1) is 5.82 Å². The molecule has 18 heavy (non-hydrogen) atoms. The maximum Gasteiger partial charge on any atom is 0.416 e. The normalized spacial score (nSPS) is 11.6. The van der Waals surface area contributed by atoms with Gasteiger partial charge in [0.2, 0.25) is 0 Å². The Bertz CT molecular complexity index is 583. The number of hydrogen-bond acceptors (Lipinski definition) is 2. The molecule has 0 aliphatic rings. The van der Waals surface area contributed by atoms with E-state index in [2.05, 4.69) is 10.2 Å². The van der Waals surface area contributed by atoms with Crippen molar-refractivity contribution in [1.29, 1.82) is 0 Å². The van der Waals surface area contributed by atoms with Crippen molar-refractivity contribution in [3.05, 3.63) is 47.0 Å². The van der Waals surface area contributed by atoms with Crippen molar-refractivity contribution in [3.63, 3.8) is 0 Å². The van der Waals surface area contributed by atoms with E-state index in [-0.39, 0.29) is 16.3 Å². The second kappa shape index (κ2) is 4.53. The topological polar surface area (TPSA) is 25.8 Å². The minimum Gasteiger partial charge on any atom is -0.206 e. The van der Waals surface area contributed by atoms with Crippen LogP contribution in [0.4, 0.5) is 17.6 Å². The molecule has 1 aromatic heterocycles. The third-order valence-electron chi connectivity index (χ3n) is 2.23. The Balaban J connectivity index is 2.48. The highest BCUT2D eigenvalue weighted by Gasteiger charge is 2.31. The van der Waals surface area contributed by atoms with Gasteiger partial charge in [-0.1, -0.05) is 17.7 Å². The minimum absolute atomic E-state index is 0.0141. The molecular formula is C11H5ClF4N2. The highest BCUT2D eigenvalue weighted by molar-refractivity contribution is 6.29. The second-order valence-corrected chi connectivity index (χ2v) is 3.85. The van der Waals surface area contributed by atoms with Gasteiger partial charge in [-0.25, -0.2) is 4.39 Å². The molecule has 7 heteroatoms. The first-order valence-electron chi connectivity index (χ1n) is 4.73. The van der Waals surface area contributed by atoms with Crippen LogP contribution in [0.5, 0.6) is 0 Å². The van der Waals surface area contributed by atoms with Crippen LogP contribution in [0.25, 0.3) is 11.1 Å². The average molecular weight is 277 g/mol. The smallest absolute Gasteiger partial charge is 0.206 e. The van der Waals surface area contributed by atoms with E-state index >= 15 is 0 Å². The SMILES string of the molecule is Fc1cc(C(F)(F)F)ccc1-c1cnnc(Cl)c1. The molecule has 2 aromatic rings. The number of nitrogens with zero attached hydrogens (tertiary/aromatic N) is 2. The Morgan fingerprint density at radius 3 is 2.39 bits per heavy atom. The van der Waals surface area contributed by atoms with Crippen molar-refractivity contribution in [2.45, 2.75) is 6.18 Å². The Labute approximate surface area is 104 Å². The number of alkyl halides is 3. The summed E-state index contributed by atoms with van der Waals surface area (Å²) in [5.74, 6) is -0.992. The van der Waals surface area contributed by atoms with Crippen molar-refractivity contribution in [3.8, 4) is 11.1 Å². The fraction of sp³-hybridized carbons (Fsp3) is 0.0909. The molecule has 0 fully saturated rings. The van der Waals surface area contributed by atoms with Gasteiger partial charge in [0.15, 0.2) is 5.15 Å². The first-order chi connectivity index (χ1) is 8.38. The van der Waals surface area contributed by atoms with Crippen molar-refractivity contribution in [1.82, 2.24) is 10.2 Å². The van der Waals surface area contributed by atoms with Gasteiger partial charge >= 0.3 is 6.18 Å². The lowest BCUT2D eigenvalue weighted by Gasteiger charge is -2.09. The number of benzene rings is 1. The van der Waals surface area contributed by atoms with Gasteiger partial charge in [0.25, 0.3) is 0 Å². The van der Waals surface area contributed by atoms with Crippen LogP contribution in [-0.2, 0) is 6.18 Å². The predicted molar refractivity (Wildman–Crippen MR) is 57.4 cm³/mol. The molecule has 1 aromatic carbocycles. The second-order valence-electron chi connectivity index (χ2n) is 3.46. The maximum atomic E-state index is 13.6. The lowest BCUT2D eigenvalue weighted by molar-refractivity contribution is -0.137. The van der Waals surface area contributed by atoms with Crippen LogP contribution in [-0.4, -0.2) is 10.2 Å². The molecule has 2 nitrogen and oxygen atoms in total. The fourth-order valence-electron chi connectivity index (χ4n) is 1.41. The lowest BCUT2D eigenvalue weighted by atomic mass is 10.1. The minimum atomic E-state index is -4.58. The van der Waals surface area contributed by atoms with Gasteiger partial charge in [0.05, 0.1) is 11.8 Å². The molecule has 0 saturated carbocycles. The Morgan fingerprint density at radius 2 is 1.83 bits per heavy atom. The molecular weight excluding hydrogens is 272 g/mol. The molecule has 0 radical (unpaired) electrons. The molecule has 0 N–H and O–H groups in total. The number of aromatic nitrogens is 2. The highest BCUT2D eigenvalue weighted by Crippen LogP contribution is 2.32. The quantitative estimate of drug-likeness (QED) is 0.737. The van der Waals surface area contributed by atoms with E-state index in [1.54, 1.807) is 0 Å². The van der Waals surface area contributed by atoms with Gasteiger partial charge in [0.1, 0.15) is 5.82 Å². The molecule has 0 amide bonds. The van der Waals surface area contributed by atoms with E-state index in [0.29, 0.717) is 6.07 Å². The number of hydrogen-bond donors (Lipinski definition) is 0. The molecule has 2 rings (SSSR count). The van der Waals surface area contributed by atoms with Crippen LogP contribution in [0.2, 0.25) is 5.15 Å². The summed E-state index contributed by atoms with van der Waals surface area (Å²) in [6, 6.07) is 3.59. The summed E-state index contributed by atoms with van der Waals surface area (Å²) in [4.78, 5) is 0. The summed E-state index contributed by atoms with van der Waals surface area (Å²) in [5, 5.41) is 7.00. The van der Waals surface area contributed by atoms with Crippen LogP contribution < -0.4 is 0 Å². The van der Waals surface area contributed by atoms with Gasteiger partial charge in [-0.05, 0) is 18.2 Å². The molecule has 0 unspecified atom stereocenters. The van der Waals surface area contributed by atoms with Crippen molar-refractivity contribution in [2.75, 3.05) is 0 Å². The monoisotopic (exact) mass is 276 g/mol. The largest absolute Gasteiger partial charge is 0.416 e. The molecule has 94 valence electrons. The molecule has 0 atom stereocenters. The molecule has 0 aliphatic carbocycles. The maximum absolute atomic E-state index is 13.6. The zero-order chi connectivity index (χ0) is 13.3. The van der Waals surface area contributed by atoms with E-state index in [4.69, 9.17) is 11.6 Å². The first kappa shape index (κ1) is 12.8. The molecule has 1 heterocycles. The number of halogens is 5. The summed E-state index contributed by atoms with van der Waals surface area (Å²) in [7, 11) is 0. The van der Waals surface area contributed by atoms with E-state index in [9.17, 15) is 17.6 Å². The van der Waals surface area contributed by atoms with E-state index in [1.165, 1.54) is 12.3 Å². The van der Waals surface area contributed by atoms with Gasteiger partial charge < -0.3 is 0 Å². The van der Waals surface area contributed by atoms with Crippen LogP contribution in [0.3, 0.4) is 0 Å².